The molecule has 24 heavy (non-hydrogen) atoms. The van der Waals surface area contributed by atoms with Crippen LogP contribution in [0.25, 0.3) is 0 Å². The van der Waals surface area contributed by atoms with E-state index in [2.05, 4.69) is 6.92 Å². The van der Waals surface area contributed by atoms with E-state index in [1.54, 1.807) is 0 Å². The van der Waals surface area contributed by atoms with Crippen LogP contribution in [-0.2, 0) is 18.0 Å². The molecular formula is C17H39NO5Si. The van der Waals surface area contributed by atoms with Crippen molar-refractivity contribution in [2.45, 2.75) is 78.1 Å². The van der Waals surface area contributed by atoms with Crippen LogP contribution in [0.3, 0.4) is 0 Å². The quantitative estimate of drug-likeness (QED) is 0.305. The third-order valence-electron chi connectivity index (χ3n) is 3.60. The first kappa shape index (κ1) is 24.0. The summed E-state index contributed by atoms with van der Waals surface area (Å²) < 4.78 is 23.4. The van der Waals surface area contributed by atoms with Crippen LogP contribution in [0.1, 0.15) is 59.8 Å². The summed E-state index contributed by atoms with van der Waals surface area (Å²) in [7, 11) is -2.73. The summed E-state index contributed by atoms with van der Waals surface area (Å²) >= 11 is 0. The van der Waals surface area contributed by atoms with Gasteiger partial charge < -0.3 is 28.9 Å². The van der Waals surface area contributed by atoms with Crippen LogP contribution in [0.15, 0.2) is 0 Å². The lowest BCUT2D eigenvalue weighted by Crippen LogP contribution is -2.49. The minimum Gasteiger partial charge on any atom is -0.391 e. The van der Waals surface area contributed by atoms with Crippen molar-refractivity contribution in [1.29, 1.82) is 0 Å². The summed E-state index contributed by atoms with van der Waals surface area (Å²) in [5.41, 5.74) is 5.63. The van der Waals surface area contributed by atoms with Crippen molar-refractivity contribution in [3.63, 3.8) is 0 Å². The fourth-order valence-electron chi connectivity index (χ4n) is 2.55. The zero-order valence-electron chi connectivity index (χ0n) is 16.1. The van der Waals surface area contributed by atoms with Crippen molar-refractivity contribution in [1.82, 2.24) is 0 Å². The van der Waals surface area contributed by atoms with Gasteiger partial charge >= 0.3 is 8.80 Å². The zero-order valence-corrected chi connectivity index (χ0v) is 17.1. The molecule has 146 valence electrons. The normalized spacial score (nSPS) is 14.8. The highest BCUT2D eigenvalue weighted by Crippen LogP contribution is 2.21. The van der Waals surface area contributed by atoms with Gasteiger partial charge in [-0.3, -0.25) is 0 Å². The molecule has 0 amide bonds. The van der Waals surface area contributed by atoms with Crippen LogP contribution in [0.4, 0.5) is 0 Å². The lowest BCUT2D eigenvalue weighted by atomic mass is 10.2. The highest BCUT2D eigenvalue weighted by molar-refractivity contribution is 6.60. The smallest absolute Gasteiger partial charge is 0.391 e. The standard InChI is InChI=1S/C17H39NO5Si/c1-5-8-9-12-20-15-17(19)14-16(4)23-24(21-6-2,22-7-3)13-10-11-18/h16-17,19H,5-15,18H2,1-4H3. The molecule has 0 aromatic carbocycles. The molecule has 0 fully saturated rings. The zero-order chi connectivity index (χ0) is 18.3. The molecule has 0 aliphatic rings. The highest BCUT2D eigenvalue weighted by Gasteiger charge is 2.41. The van der Waals surface area contributed by atoms with Gasteiger partial charge in [-0.1, -0.05) is 19.8 Å². The second-order valence-electron chi connectivity index (χ2n) is 6.04. The van der Waals surface area contributed by atoms with Gasteiger partial charge in [0.2, 0.25) is 0 Å². The molecule has 0 spiro atoms. The Bertz CT molecular complexity index is 278. The van der Waals surface area contributed by atoms with E-state index >= 15 is 0 Å². The molecule has 0 bridgehead atoms. The number of unbranched alkanes of at least 4 members (excludes halogenated alkanes) is 2. The molecule has 7 heteroatoms. The van der Waals surface area contributed by atoms with Gasteiger partial charge in [-0.2, -0.15) is 0 Å². The molecule has 0 aliphatic heterocycles. The molecule has 0 rings (SSSR count). The molecule has 0 saturated heterocycles. The summed E-state index contributed by atoms with van der Waals surface area (Å²) in [4.78, 5) is 0. The van der Waals surface area contributed by atoms with E-state index < -0.39 is 14.9 Å². The summed E-state index contributed by atoms with van der Waals surface area (Å²) in [5, 5.41) is 10.1. The molecule has 2 unspecified atom stereocenters. The maximum absolute atomic E-state index is 10.1. The molecule has 0 saturated carbocycles. The molecule has 6 nitrogen and oxygen atoms in total. The Morgan fingerprint density at radius 1 is 1.04 bits per heavy atom. The monoisotopic (exact) mass is 365 g/mol. The summed E-state index contributed by atoms with van der Waals surface area (Å²) in [5.74, 6) is 0. The van der Waals surface area contributed by atoms with Crippen molar-refractivity contribution in [2.75, 3.05) is 33.0 Å². The van der Waals surface area contributed by atoms with E-state index in [1.165, 1.54) is 6.42 Å². The van der Waals surface area contributed by atoms with E-state index in [9.17, 15) is 5.11 Å². The largest absolute Gasteiger partial charge is 0.501 e. The number of aliphatic hydroxyl groups is 1. The van der Waals surface area contributed by atoms with Gasteiger partial charge in [0.25, 0.3) is 0 Å². The lowest BCUT2D eigenvalue weighted by molar-refractivity contribution is -0.0106. The Morgan fingerprint density at radius 2 is 1.71 bits per heavy atom. The number of aliphatic hydroxyl groups excluding tert-OH is 1. The van der Waals surface area contributed by atoms with Crippen LogP contribution in [0.5, 0.6) is 0 Å². The van der Waals surface area contributed by atoms with Crippen molar-refractivity contribution >= 4 is 8.80 Å². The maximum Gasteiger partial charge on any atom is 0.501 e. The SMILES string of the molecule is CCCCCOCC(O)CC(C)O[Si](CCCN)(OCC)OCC. The molecule has 3 N–H and O–H groups in total. The van der Waals surface area contributed by atoms with Crippen LogP contribution in [0, 0.1) is 0 Å². The van der Waals surface area contributed by atoms with Gasteiger partial charge in [0.05, 0.1) is 12.7 Å². The average molecular weight is 366 g/mol. The molecular weight excluding hydrogens is 326 g/mol. The molecule has 0 aromatic heterocycles. The first-order valence-corrected chi connectivity index (χ1v) is 11.4. The highest BCUT2D eigenvalue weighted by atomic mass is 28.4. The van der Waals surface area contributed by atoms with Crippen LogP contribution in [-0.4, -0.2) is 59.1 Å². The van der Waals surface area contributed by atoms with E-state index in [4.69, 9.17) is 23.7 Å². The Morgan fingerprint density at radius 3 is 2.25 bits per heavy atom. The first-order chi connectivity index (χ1) is 11.5. The first-order valence-electron chi connectivity index (χ1n) is 9.45. The van der Waals surface area contributed by atoms with E-state index in [1.807, 2.05) is 20.8 Å². The van der Waals surface area contributed by atoms with Gasteiger partial charge in [-0.25, -0.2) is 0 Å². The topological polar surface area (TPSA) is 83.2 Å². The maximum atomic E-state index is 10.1. The number of nitrogens with two attached hydrogens (primary N) is 1. The van der Waals surface area contributed by atoms with Crippen molar-refractivity contribution < 1.29 is 23.1 Å². The number of hydrogen-bond donors (Lipinski definition) is 2. The Balaban J connectivity index is 4.33. The number of ether oxygens (including phenoxy) is 1. The minimum absolute atomic E-state index is 0.151. The molecule has 0 aromatic rings. The van der Waals surface area contributed by atoms with Gasteiger partial charge in [0, 0.05) is 38.4 Å². The molecule has 0 radical (unpaired) electrons. The second-order valence-corrected chi connectivity index (χ2v) is 8.72. The van der Waals surface area contributed by atoms with Crippen molar-refractivity contribution in [3.05, 3.63) is 0 Å². The number of rotatable bonds is 17. The van der Waals surface area contributed by atoms with Gasteiger partial charge in [0.15, 0.2) is 0 Å². The predicted molar refractivity (Wildman–Crippen MR) is 99.0 cm³/mol. The van der Waals surface area contributed by atoms with Gasteiger partial charge in [0.1, 0.15) is 0 Å². The average Bonchev–Trinajstić information content (AvgIpc) is 2.53. The van der Waals surface area contributed by atoms with Crippen molar-refractivity contribution in [2.24, 2.45) is 5.73 Å². The summed E-state index contributed by atoms with van der Waals surface area (Å²) in [6.45, 7) is 10.7. The summed E-state index contributed by atoms with van der Waals surface area (Å²) in [6, 6.07) is 0.707. The second kappa shape index (κ2) is 15.2. The third kappa shape index (κ3) is 11.5. The Hall–Kier alpha value is -0.0231. The molecule has 0 heterocycles. The fourth-order valence-corrected chi connectivity index (χ4v) is 5.40. The van der Waals surface area contributed by atoms with Crippen LogP contribution < -0.4 is 5.73 Å². The van der Waals surface area contributed by atoms with E-state index in [0.29, 0.717) is 45.4 Å². The molecule has 0 aliphatic carbocycles. The fraction of sp³-hybridized carbons (Fsp3) is 1.00. The predicted octanol–water partition coefficient (Wildman–Crippen LogP) is 2.71. The third-order valence-corrected chi connectivity index (χ3v) is 6.79. The molecule has 2 atom stereocenters. The lowest BCUT2D eigenvalue weighted by Gasteiger charge is -2.32. The Labute approximate surface area is 149 Å². The van der Waals surface area contributed by atoms with Gasteiger partial charge in [-0.05, 0) is 40.2 Å². The minimum atomic E-state index is -2.73. The van der Waals surface area contributed by atoms with E-state index in [0.717, 1.165) is 19.3 Å². The van der Waals surface area contributed by atoms with Crippen LogP contribution in [0.2, 0.25) is 6.04 Å². The van der Waals surface area contributed by atoms with Crippen LogP contribution >= 0.6 is 0 Å². The number of hydrogen-bond acceptors (Lipinski definition) is 6. The summed E-state index contributed by atoms with van der Waals surface area (Å²) in [6.07, 6.45) is 3.99. The van der Waals surface area contributed by atoms with Crippen molar-refractivity contribution in [3.8, 4) is 0 Å². The van der Waals surface area contributed by atoms with Gasteiger partial charge in [-0.15, -0.1) is 0 Å². The Kier molecular flexibility index (Phi) is 15.2. The van der Waals surface area contributed by atoms with E-state index in [-0.39, 0.29) is 6.10 Å².